The molecule has 20 heavy (non-hydrogen) atoms. The molecule has 0 amide bonds. The van der Waals surface area contributed by atoms with Crippen LogP contribution in [0.4, 0.5) is 5.95 Å². The molecule has 0 saturated heterocycles. The Morgan fingerprint density at radius 2 is 1.70 bits per heavy atom. The van der Waals surface area contributed by atoms with Crippen molar-refractivity contribution in [1.29, 1.82) is 0 Å². The van der Waals surface area contributed by atoms with Gasteiger partial charge < -0.3 is 15.6 Å². The van der Waals surface area contributed by atoms with E-state index in [1.54, 1.807) is 0 Å². The van der Waals surface area contributed by atoms with Crippen LogP contribution in [0.15, 0.2) is 54.6 Å². The molecule has 4 nitrogen and oxygen atoms in total. The van der Waals surface area contributed by atoms with Gasteiger partial charge in [0.2, 0.25) is 5.95 Å². The highest BCUT2D eigenvalue weighted by Gasteiger charge is 2.00. The van der Waals surface area contributed by atoms with Crippen molar-refractivity contribution in [3.63, 3.8) is 0 Å². The maximum atomic E-state index is 4.47. The molecule has 3 rings (SSSR count). The summed E-state index contributed by atoms with van der Waals surface area (Å²) >= 11 is 0. The molecule has 0 radical (unpaired) electrons. The first-order valence-corrected chi connectivity index (χ1v) is 6.85. The largest absolute Gasteiger partial charge is 0.355 e. The number of nitrogens with zero attached hydrogens (tertiary/aromatic N) is 1. The summed E-state index contributed by atoms with van der Waals surface area (Å²) in [7, 11) is 0. The van der Waals surface area contributed by atoms with E-state index in [-0.39, 0.29) is 0 Å². The van der Waals surface area contributed by atoms with Gasteiger partial charge in [0.05, 0.1) is 11.0 Å². The third kappa shape index (κ3) is 3.16. The molecular formula is C16H18N4. The number of hydrogen-bond acceptors (Lipinski definition) is 3. The van der Waals surface area contributed by atoms with Gasteiger partial charge in [-0.3, -0.25) is 0 Å². The third-order valence-electron chi connectivity index (χ3n) is 3.16. The molecule has 4 heteroatoms. The third-order valence-corrected chi connectivity index (χ3v) is 3.16. The van der Waals surface area contributed by atoms with E-state index >= 15 is 0 Å². The topological polar surface area (TPSA) is 52.7 Å². The number of nitrogens with one attached hydrogen (secondary N) is 3. The average molecular weight is 266 g/mol. The van der Waals surface area contributed by atoms with E-state index in [4.69, 9.17) is 0 Å². The van der Waals surface area contributed by atoms with Gasteiger partial charge >= 0.3 is 0 Å². The van der Waals surface area contributed by atoms with Gasteiger partial charge in [-0.15, -0.1) is 0 Å². The summed E-state index contributed by atoms with van der Waals surface area (Å²) in [6, 6.07) is 18.4. The molecule has 0 aliphatic rings. The Morgan fingerprint density at radius 3 is 2.55 bits per heavy atom. The Kier molecular flexibility index (Phi) is 3.94. The van der Waals surface area contributed by atoms with Crippen LogP contribution in [-0.4, -0.2) is 23.1 Å². The lowest BCUT2D eigenvalue weighted by Crippen LogP contribution is -2.22. The Labute approximate surface area is 118 Å². The van der Waals surface area contributed by atoms with Crippen molar-refractivity contribution < 1.29 is 0 Å². The molecule has 0 bridgehead atoms. The first-order valence-electron chi connectivity index (χ1n) is 6.85. The van der Waals surface area contributed by atoms with Crippen molar-refractivity contribution in [1.82, 2.24) is 15.3 Å². The Bertz CT molecular complexity index is 627. The van der Waals surface area contributed by atoms with Crippen LogP contribution in [0.1, 0.15) is 5.56 Å². The van der Waals surface area contributed by atoms with Gasteiger partial charge in [-0.1, -0.05) is 42.5 Å². The second-order valence-corrected chi connectivity index (χ2v) is 4.69. The van der Waals surface area contributed by atoms with Crippen molar-refractivity contribution in [2.24, 2.45) is 0 Å². The summed E-state index contributed by atoms with van der Waals surface area (Å²) in [6.07, 6.45) is 0. The fourth-order valence-corrected chi connectivity index (χ4v) is 2.13. The lowest BCUT2D eigenvalue weighted by Gasteiger charge is -2.05. The molecule has 0 saturated carbocycles. The van der Waals surface area contributed by atoms with Crippen LogP contribution in [0, 0.1) is 0 Å². The lowest BCUT2D eigenvalue weighted by molar-refractivity contribution is 0.705. The normalized spacial score (nSPS) is 10.8. The van der Waals surface area contributed by atoms with E-state index in [2.05, 4.69) is 44.9 Å². The Hall–Kier alpha value is -2.33. The molecule has 0 fully saturated rings. The molecule has 102 valence electrons. The maximum absolute atomic E-state index is 4.47. The zero-order valence-corrected chi connectivity index (χ0v) is 11.3. The van der Waals surface area contributed by atoms with Crippen molar-refractivity contribution in [3.8, 4) is 0 Å². The number of fused-ring (bicyclic) bond motifs is 1. The highest BCUT2D eigenvalue weighted by molar-refractivity contribution is 5.77. The number of benzene rings is 2. The van der Waals surface area contributed by atoms with Gasteiger partial charge in [-0.05, 0) is 17.7 Å². The van der Waals surface area contributed by atoms with Crippen molar-refractivity contribution >= 4 is 17.0 Å². The van der Waals surface area contributed by atoms with Crippen LogP contribution >= 0.6 is 0 Å². The number of para-hydroxylation sites is 2. The molecule has 0 unspecified atom stereocenters. The number of aromatic amines is 1. The van der Waals surface area contributed by atoms with Crippen LogP contribution in [0.5, 0.6) is 0 Å². The van der Waals surface area contributed by atoms with E-state index in [9.17, 15) is 0 Å². The van der Waals surface area contributed by atoms with Gasteiger partial charge in [0.1, 0.15) is 0 Å². The molecule has 0 aliphatic carbocycles. The second-order valence-electron chi connectivity index (χ2n) is 4.69. The van der Waals surface area contributed by atoms with Crippen LogP contribution in [0.3, 0.4) is 0 Å². The van der Waals surface area contributed by atoms with Gasteiger partial charge in [0, 0.05) is 19.6 Å². The smallest absolute Gasteiger partial charge is 0.201 e. The number of hydrogen-bond donors (Lipinski definition) is 3. The Balaban J connectivity index is 1.43. The molecule has 3 N–H and O–H groups in total. The zero-order valence-electron chi connectivity index (χ0n) is 11.3. The molecule has 2 aromatic carbocycles. The summed E-state index contributed by atoms with van der Waals surface area (Å²) in [6.45, 7) is 2.63. The molecule has 0 spiro atoms. The molecule has 1 heterocycles. The summed E-state index contributed by atoms with van der Waals surface area (Å²) in [5.41, 5.74) is 3.36. The fraction of sp³-hybridized carbons (Fsp3) is 0.188. The maximum Gasteiger partial charge on any atom is 0.201 e. The second kappa shape index (κ2) is 6.21. The Morgan fingerprint density at radius 1 is 0.900 bits per heavy atom. The average Bonchev–Trinajstić information content (AvgIpc) is 2.90. The lowest BCUT2D eigenvalue weighted by atomic mass is 10.2. The SMILES string of the molecule is c1ccc(CNCCNc2nc3ccccc3[nH]2)cc1. The van der Waals surface area contributed by atoms with E-state index in [1.807, 2.05) is 30.3 Å². The fourth-order valence-electron chi connectivity index (χ4n) is 2.13. The van der Waals surface area contributed by atoms with Crippen LogP contribution in [-0.2, 0) is 6.54 Å². The molecular weight excluding hydrogens is 248 g/mol. The van der Waals surface area contributed by atoms with Gasteiger partial charge in [0.25, 0.3) is 0 Å². The van der Waals surface area contributed by atoms with Crippen molar-refractivity contribution in [2.75, 3.05) is 18.4 Å². The first kappa shape index (κ1) is 12.7. The zero-order chi connectivity index (χ0) is 13.6. The summed E-state index contributed by atoms with van der Waals surface area (Å²) in [5, 5.41) is 6.69. The van der Waals surface area contributed by atoms with Crippen LogP contribution in [0.25, 0.3) is 11.0 Å². The van der Waals surface area contributed by atoms with E-state index in [0.29, 0.717) is 0 Å². The van der Waals surface area contributed by atoms with Crippen molar-refractivity contribution in [3.05, 3.63) is 60.2 Å². The van der Waals surface area contributed by atoms with Gasteiger partial charge in [-0.25, -0.2) is 4.98 Å². The molecule has 0 atom stereocenters. The summed E-state index contributed by atoms with van der Waals surface area (Å²) < 4.78 is 0. The predicted octanol–water partition coefficient (Wildman–Crippen LogP) is 2.76. The highest BCUT2D eigenvalue weighted by Crippen LogP contribution is 2.12. The molecule has 0 aliphatic heterocycles. The standard InChI is InChI=1S/C16H18N4/c1-2-6-13(7-3-1)12-17-10-11-18-16-19-14-8-4-5-9-15(14)20-16/h1-9,17H,10-12H2,(H2,18,19,20). The predicted molar refractivity (Wildman–Crippen MR) is 82.7 cm³/mol. The first-order chi connectivity index (χ1) is 9.92. The minimum absolute atomic E-state index is 0.827. The number of aromatic nitrogens is 2. The summed E-state index contributed by atoms with van der Waals surface area (Å²) in [5.74, 6) is 0.827. The van der Waals surface area contributed by atoms with E-state index in [1.165, 1.54) is 5.56 Å². The number of H-pyrrole nitrogens is 1. The van der Waals surface area contributed by atoms with E-state index < -0.39 is 0 Å². The van der Waals surface area contributed by atoms with Crippen LogP contribution < -0.4 is 10.6 Å². The van der Waals surface area contributed by atoms with Crippen LogP contribution in [0.2, 0.25) is 0 Å². The molecule has 3 aromatic rings. The van der Waals surface area contributed by atoms with Crippen molar-refractivity contribution in [2.45, 2.75) is 6.54 Å². The summed E-state index contributed by atoms with van der Waals surface area (Å²) in [4.78, 5) is 7.73. The minimum Gasteiger partial charge on any atom is -0.355 e. The van der Waals surface area contributed by atoms with E-state index in [0.717, 1.165) is 36.6 Å². The highest BCUT2D eigenvalue weighted by atomic mass is 15.1. The van der Waals surface area contributed by atoms with Gasteiger partial charge in [0.15, 0.2) is 0 Å². The number of rotatable bonds is 6. The quantitative estimate of drug-likeness (QED) is 0.601. The number of imidazole rings is 1. The minimum atomic E-state index is 0.827. The van der Waals surface area contributed by atoms with Gasteiger partial charge in [-0.2, -0.15) is 0 Å². The number of anilines is 1. The molecule has 1 aromatic heterocycles. The monoisotopic (exact) mass is 266 g/mol.